The van der Waals surface area contributed by atoms with Crippen molar-refractivity contribution in [3.8, 4) is 23.0 Å². The standard InChI is InChI=1S/C36H42FN7O4/c1-4-21-7-5-8-22-13-26(45)15-27(29(21)22)31-30(37)32-28(17-39-31)33(43-18-23-14-25(43)16-38-23)41-34(40-32)48-20-36-10-6-12-44(36)24(9-11-36)19-47-35(46)42(2)3/h5,7-8,13,15,17,23-25,38,45H,4,6,9-12,14,16,18-20H2,1-3H3/t23-,24-,25-,36-/m1/s1. The SMILES string of the molecule is CCc1cccc2cc(O)cc(-c3ncc4c(N5C[C@H]6C[C@@H]5CN6)nc(OC[C@]56CCCN5[C@@H](COC(=O)N(C)C)CC6)nc4c3F)c12. The lowest BCUT2D eigenvalue weighted by atomic mass is 9.95. The Kier molecular flexibility index (Phi) is 7.75. The number of ether oxygens (including phenoxy) is 2. The number of hydrogen-bond acceptors (Lipinski definition) is 10. The van der Waals surface area contributed by atoms with E-state index in [4.69, 9.17) is 19.4 Å². The maximum Gasteiger partial charge on any atom is 0.409 e. The van der Waals surface area contributed by atoms with Crippen LogP contribution in [0.25, 0.3) is 32.9 Å². The van der Waals surface area contributed by atoms with Crippen molar-refractivity contribution >= 4 is 33.6 Å². The van der Waals surface area contributed by atoms with Crippen LogP contribution in [0.2, 0.25) is 0 Å². The summed E-state index contributed by atoms with van der Waals surface area (Å²) in [5.74, 6) is 0.120. The number of hydrogen-bond donors (Lipinski definition) is 2. The summed E-state index contributed by atoms with van der Waals surface area (Å²) >= 11 is 0. The van der Waals surface area contributed by atoms with Crippen LogP contribution >= 0.6 is 0 Å². The van der Waals surface area contributed by atoms with Gasteiger partial charge in [0.25, 0.3) is 0 Å². The van der Waals surface area contributed by atoms with Crippen molar-refractivity contribution in [2.24, 2.45) is 0 Å². The summed E-state index contributed by atoms with van der Waals surface area (Å²) in [6.07, 6.45) is 6.87. The van der Waals surface area contributed by atoms with Gasteiger partial charge in [-0.1, -0.05) is 25.1 Å². The van der Waals surface area contributed by atoms with Gasteiger partial charge in [0.15, 0.2) is 5.82 Å². The second kappa shape index (κ2) is 12.0. The third-order valence-corrected chi connectivity index (χ3v) is 10.9. The van der Waals surface area contributed by atoms with Gasteiger partial charge in [-0.25, -0.2) is 9.18 Å². The Labute approximate surface area is 279 Å². The van der Waals surface area contributed by atoms with Crippen molar-refractivity contribution in [3.05, 3.63) is 47.9 Å². The van der Waals surface area contributed by atoms with Crippen molar-refractivity contribution < 1.29 is 23.8 Å². The molecule has 12 heteroatoms. The summed E-state index contributed by atoms with van der Waals surface area (Å²) < 4.78 is 29.0. The van der Waals surface area contributed by atoms with E-state index in [2.05, 4.69) is 27.0 Å². The monoisotopic (exact) mass is 655 g/mol. The lowest BCUT2D eigenvalue weighted by molar-refractivity contribution is 0.0484. The smallest absolute Gasteiger partial charge is 0.409 e. The molecule has 2 bridgehead atoms. The number of nitrogens with zero attached hydrogens (tertiary/aromatic N) is 6. The Balaban J connectivity index is 1.17. The van der Waals surface area contributed by atoms with Crippen molar-refractivity contribution in [2.75, 3.05) is 51.8 Å². The number of fused-ring (bicyclic) bond motifs is 5. The summed E-state index contributed by atoms with van der Waals surface area (Å²) in [6, 6.07) is 10.0. The second-order valence-electron chi connectivity index (χ2n) is 14.0. The molecular weight excluding hydrogens is 613 g/mol. The largest absolute Gasteiger partial charge is 0.508 e. The number of aromatic nitrogens is 3. The Morgan fingerprint density at radius 3 is 2.88 bits per heavy atom. The first-order valence-corrected chi connectivity index (χ1v) is 17.1. The van der Waals surface area contributed by atoms with Gasteiger partial charge < -0.3 is 29.7 Å². The quantitative estimate of drug-likeness (QED) is 0.272. The zero-order chi connectivity index (χ0) is 33.2. The van der Waals surface area contributed by atoms with Crippen LogP contribution in [0.15, 0.2) is 36.5 Å². The van der Waals surface area contributed by atoms with Crippen LogP contribution in [-0.4, -0.2) is 107 Å². The number of halogens is 1. The van der Waals surface area contributed by atoms with Crippen molar-refractivity contribution in [1.82, 2.24) is 30.1 Å². The molecule has 8 rings (SSSR count). The van der Waals surface area contributed by atoms with E-state index in [1.807, 2.05) is 18.2 Å². The molecule has 0 unspecified atom stereocenters. The number of amides is 1. The lowest BCUT2D eigenvalue weighted by Gasteiger charge is -2.34. The minimum Gasteiger partial charge on any atom is -0.508 e. The molecule has 1 amide bonds. The number of rotatable bonds is 8. The highest BCUT2D eigenvalue weighted by Gasteiger charge is 2.50. The lowest BCUT2D eigenvalue weighted by Crippen LogP contribution is -2.48. The minimum atomic E-state index is -0.564. The summed E-state index contributed by atoms with van der Waals surface area (Å²) in [7, 11) is 3.37. The number of nitrogens with one attached hydrogen (secondary N) is 1. The maximum atomic E-state index is 16.9. The normalized spacial score (nSPS) is 24.9. The summed E-state index contributed by atoms with van der Waals surface area (Å²) in [4.78, 5) is 32.6. The number of aryl methyl sites for hydroxylation is 1. The third-order valence-electron chi connectivity index (χ3n) is 10.9. The van der Waals surface area contributed by atoms with E-state index in [0.717, 1.165) is 74.5 Å². The molecule has 2 aromatic carbocycles. The van der Waals surface area contributed by atoms with Crippen LogP contribution in [0, 0.1) is 5.82 Å². The summed E-state index contributed by atoms with van der Waals surface area (Å²) in [5.41, 5.74) is 1.64. The average molecular weight is 656 g/mol. The van der Waals surface area contributed by atoms with Crippen LogP contribution in [0.4, 0.5) is 15.0 Å². The molecule has 0 spiro atoms. The van der Waals surface area contributed by atoms with E-state index in [1.54, 1.807) is 32.4 Å². The van der Waals surface area contributed by atoms with Gasteiger partial charge in [-0.3, -0.25) is 9.88 Å². The number of phenols is 1. The molecule has 4 aliphatic rings. The van der Waals surface area contributed by atoms with Crippen LogP contribution in [-0.2, 0) is 11.2 Å². The third kappa shape index (κ3) is 5.16. The Bertz CT molecular complexity index is 1910. The van der Waals surface area contributed by atoms with E-state index in [9.17, 15) is 9.90 Å². The van der Waals surface area contributed by atoms with Gasteiger partial charge in [-0.15, -0.1) is 0 Å². The molecule has 2 aromatic heterocycles. The number of phenolic OH excluding ortho intramolecular Hbond substituents is 1. The molecule has 0 radical (unpaired) electrons. The van der Waals surface area contributed by atoms with Crippen LogP contribution < -0.4 is 15.0 Å². The molecule has 0 aliphatic carbocycles. The predicted molar refractivity (Wildman–Crippen MR) is 181 cm³/mol. The number of benzene rings is 2. The first-order chi connectivity index (χ1) is 23.2. The van der Waals surface area contributed by atoms with Gasteiger partial charge in [0.2, 0.25) is 0 Å². The average Bonchev–Trinajstić information content (AvgIpc) is 3.88. The Morgan fingerprint density at radius 1 is 1.23 bits per heavy atom. The van der Waals surface area contributed by atoms with Crippen molar-refractivity contribution in [2.45, 2.75) is 69.1 Å². The van der Waals surface area contributed by atoms with Gasteiger partial charge >= 0.3 is 12.1 Å². The maximum absolute atomic E-state index is 16.9. The van der Waals surface area contributed by atoms with Crippen molar-refractivity contribution in [3.63, 3.8) is 0 Å². The second-order valence-corrected chi connectivity index (χ2v) is 14.0. The zero-order valence-corrected chi connectivity index (χ0v) is 27.7. The summed E-state index contributed by atoms with van der Waals surface area (Å²) in [6.45, 7) is 5.27. The molecule has 48 heavy (non-hydrogen) atoms. The number of carbonyl (C=O) groups is 1. The number of piperazine rings is 1. The van der Waals surface area contributed by atoms with Gasteiger partial charge in [-0.05, 0) is 73.5 Å². The van der Waals surface area contributed by atoms with Gasteiger partial charge in [0.05, 0.1) is 10.9 Å². The van der Waals surface area contributed by atoms with Crippen molar-refractivity contribution in [1.29, 1.82) is 0 Å². The molecule has 6 heterocycles. The van der Waals surface area contributed by atoms with E-state index >= 15 is 4.39 Å². The van der Waals surface area contributed by atoms with Crippen LogP contribution in [0.5, 0.6) is 11.8 Å². The first kappa shape index (κ1) is 31.0. The highest BCUT2D eigenvalue weighted by molar-refractivity contribution is 6.01. The van der Waals surface area contributed by atoms with E-state index in [1.165, 1.54) is 4.90 Å². The number of carbonyl (C=O) groups excluding carboxylic acids is 1. The van der Waals surface area contributed by atoms with Crippen LogP contribution in [0.3, 0.4) is 0 Å². The highest BCUT2D eigenvalue weighted by atomic mass is 19.1. The molecule has 4 aliphatic heterocycles. The number of pyridine rings is 1. The fourth-order valence-corrected chi connectivity index (χ4v) is 8.57. The van der Waals surface area contributed by atoms with Gasteiger partial charge in [0, 0.05) is 57.1 Å². The molecule has 11 nitrogen and oxygen atoms in total. The molecular formula is C36H42FN7O4. The highest BCUT2D eigenvalue weighted by Crippen LogP contribution is 2.44. The Morgan fingerprint density at radius 2 is 2.10 bits per heavy atom. The molecule has 4 aromatic rings. The van der Waals surface area contributed by atoms with E-state index in [-0.39, 0.29) is 46.7 Å². The fraction of sp³-hybridized carbons (Fsp3) is 0.500. The molecule has 4 saturated heterocycles. The molecule has 2 N–H and O–H groups in total. The van der Waals surface area contributed by atoms with Gasteiger partial charge in [0.1, 0.15) is 36.0 Å². The first-order valence-electron chi connectivity index (χ1n) is 17.1. The molecule has 252 valence electrons. The van der Waals surface area contributed by atoms with Gasteiger partial charge in [-0.2, -0.15) is 9.97 Å². The van der Waals surface area contributed by atoms with E-state index < -0.39 is 5.82 Å². The van der Waals surface area contributed by atoms with Crippen LogP contribution in [0.1, 0.15) is 44.6 Å². The van der Waals surface area contributed by atoms with E-state index in [0.29, 0.717) is 36.0 Å². The topological polar surface area (TPSA) is 116 Å². The molecule has 4 atom stereocenters. The molecule has 4 fully saturated rings. The predicted octanol–water partition coefficient (Wildman–Crippen LogP) is 4.88. The molecule has 0 saturated carbocycles. The number of anilines is 1. The minimum absolute atomic E-state index is 0.0479. The Hall–Kier alpha value is -4.29. The zero-order valence-electron chi connectivity index (χ0n) is 27.7. The number of aromatic hydroxyl groups is 1. The fourth-order valence-electron chi connectivity index (χ4n) is 8.57. The summed E-state index contributed by atoms with van der Waals surface area (Å²) in [5, 5.41) is 16.4.